The van der Waals surface area contributed by atoms with Gasteiger partial charge in [0.05, 0.1) is 16.7 Å². The molecule has 1 heterocycles. The lowest BCUT2D eigenvalue weighted by molar-refractivity contribution is 1.50. The van der Waals surface area contributed by atoms with Gasteiger partial charge >= 0.3 is 0 Å². The van der Waals surface area contributed by atoms with E-state index < -0.39 is 0 Å². The van der Waals surface area contributed by atoms with Gasteiger partial charge in [0.15, 0.2) is 0 Å². The van der Waals surface area contributed by atoms with Gasteiger partial charge in [-0.15, -0.1) is 12.4 Å². The van der Waals surface area contributed by atoms with Gasteiger partial charge in [-0.05, 0) is 24.3 Å². The molecule has 1 aromatic heterocycles. The van der Waals surface area contributed by atoms with Crippen molar-refractivity contribution in [3.63, 3.8) is 0 Å². The molecule has 0 atom stereocenters. The van der Waals surface area contributed by atoms with E-state index in [4.69, 9.17) is 11.5 Å². The lowest BCUT2D eigenvalue weighted by atomic mass is 10.1. The summed E-state index contributed by atoms with van der Waals surface area (Å²) in [7, 11) is 0. The Morgan fingerprint density at radius 1 is 0.824 bits per heavy atom. The molecule has 0 radical (unpaired) electrons. The number of anilines is 2. The third kappa shape index (κ3) is 1.74. The van der Waals surface area contributed by atoms with Crippen molar-refractivity contribution in [3.8, 4) is 0 Å². The van der Waals surface area contributed by atoms with E-state index in [1.165, 1.54) is 0 Å². The van der Waals surface area contributed by atoms with Crippen molar-refractivity contribution < 1.29 is 0 Å². The lowest BCUT2D eigenvalue weighted by Gasteiger charge is -2.06. The Morgan fingerprint density at radius 3 is 2.35 bits per heavy atom. The molecule has 0 spiro atoms. The number of aromatic nitrogens is 1. The standard InChI is InChI=1S/C13H11N3.ClH/c14-8-5-6-12-10(7-8)13(15)9-3-1-2-4-11(9)16-12;/h1-7H,14H2,(H2,15,16);1H. The van der Waals surface area contributed by atoms with Crippen LogP contribution in [-0.4, -0.2) is 4.98 Å². The first-order chi connectivity index (χ1) is 7.75. The molecule has 0 aliphatic rings. The van der Waals surface area contributed by atoms with Crippen LogP contribution in [0.5, 0.6) is 0 Å². The molecule has 0 aliphatic carbocycles. The number of fused-ring (bicyclic) bond motifs is 2. The summed E-state index contributed by atoms with van der Waals surface area (Å²) in [6.07, 6.45) is 0. The van der Waals surface area contributed by atoms with Gasteiger partial charge in [0.2, 0.25) is 0 Å². The number of halogens is 1. The van der Waals surface area contributed by atoms with Gasteiger partial charge in [-0.2, -0.15) is 0 Å². The third-order valence-electron chi connectivity index (χ3n) is 2.75. The van der Waals surface area contributed by atoms with Crippen LogP contribution >= 0.6 is 12.4 Å². The number of nitrogens with two attached hydrogens (primary N) is 2. The van der Waals surface area contributed by atoms with E-state index in [1.807, 2.05) is 42.5 Å². The summed E-state index contributed by atoms with van der Waals surface area (Å²) in [5, 5.41) is 1.89. The zero-order valence-corrected chi connectivity index (χ0v) is 9.87. The largest absolute Gasteiger partial charge is 0.399 e. The van der Waals surface area contributed by atoms with Gasteiger partial charge in [-0.1, -0.05) is 18.2 Å². The van der Waals surface area contributed by atoms with Crippen LogP contribution in [0.25, 0.3) is 21.8 Å². The normalized spacial score (nSPS) is 10.4. The van der Waals surface area contributed by atoms with Crippen molar-refractivity contribution in [1.29, 1.82) is 0 Å². The molecule has 0 fully saturated rings. The number of hydrogen-bond acceptors (Lipinski definition) is 3. The molecule has 0 unspecified atom stereocenters. The second kappa shape index (κ2) is 4.11. The maximum atomic E-state index is 6.13. The molecule has 3 nitrogen and oxygen atoms in total. The third-order valence-corrected chi connectivity index (χ3v) is 2.75. The molecule has 86 valence electrons. The Labute approximate surface area is 105 Å². The highest BCUT2D eigenvalue weighted by Gasteiger charge is 2.05. The molecule has 3 rings (SSSR count). The van der Waals surface area contributed by atoms with Crippen molar-refractivity contribution in [2.45, 2.75) is 0 Å². The molecular weight excluding hydrogens is 234 g/mol. The van der Waals surface area contributed by atoms with E-state index in [-0.39, 0.29) is 12.4 Å². The molecule has 3 aromatic rings. The molecule has 0 aliphatic heterocycles. The van der Waals surface area contributed by atoms with Crippen LogP contribution in [-0.2, 0) is 0 Å². The fourth-order valence-electron chi connectivity index (χ4n) is 1.94. The monoisotopic (exact) mass is 245 g/mol. The number of rotatable bonds is 0. The SMILES string of the molecule is Cl.Nc1ccc2nc3ccccc3c(N)c2c1. The molecule has 0 saturated heterocycles. The first kappa shape index (κ1) is 11.5. The van der Waals surface area contributed by atoms with E-state index >= 15 is 0 Å². The fourth-order valence-corrected chi connectivity index (χ4v) is 1.94. The summed E-state index contributed by atoms with van der Waals surface area (Å²) in [5.74, 6) is 0. The van der Waals surface area contributed by atoms with Gasteiger partial charge in [0, 0.05) is 16.5 Å². The van der Waals surface area contributed by atoms with Crippen molar-refractivity contribution in [1.82, 2.24) is 4.98 Å². The zero-order chi connectivity index (χ0) is 11.1. The molecule has 17 heavy (non-hydrogen) atoms. The first-order valence-electron chi connectivity index (χ1n) is 5.09. The number of benzene rings is 2. The quantitative estimate of drug-likeness (QED) is 0.473. The molecule has 0 saturated carbocycles. The number of hydrogen-bond donors (Lipinski definition) is 2. The Kier molecular flexibility index (Phi) is 2.77. The van der Waals surface area contributed by atoms with Gasteiger partial charge in [-0.3, -0.25) is 0 Å². The smallest absolute Gasteiger partial charge is 0.0731 e. The Balaban J connectivity index is 0.00000108. The van der Waals surface area contributed by atoms with Crippen LogP contribution in [0.2, 0.25) is 0 Å². The number of pyridine rings is 1. The van der Waals surface area contributed by atoms with Crippen LogP contribution in [0, 0.1) is 0 Å². The highest BCUT2D eigenvalue weighted by Crippen LogP contribution is 2.28. The summed E-state index contributed by atoms with van der Waals surface area (Å²) in [4.78, 5) is 4.54. The van der Waals surface area contributed by atoms with Gasteiger partial charge in [0.25, 0.3) is 0 Å². The van der Waals surface area contributed by atoms with Crippen LogP contribution in [0.4, 0.5) is 11.4 Å². The Morgan fingerprint density at radius 2 is 1.53 bits per heavy atom. The van der Waals surface area contributed by atoms with Crippen molar-refractivity contribution in [2.75, 3.05) is 11.5 Å². The first-order valence-corrected chi connectivity index (χ1v) is 5.09. The van der Waals surface area contributed by atoms with E-state index in [0.29, 0.717) is 5.69 Å². The zero-order valence-electron chi connectivity index (χ0n) is 9.05. The molecule has 0 bridgehead atoms. The van der Waals surface area contributed by atoms with Crippen LogP contribution in [0.1, 0.15) is 0 Å². The van der Waals surface area contributed by atoms with Crippen LogP contribution in [0.3, 0.4) is 0 Å². The van der Waals surface area contributed by atoms with E-state index in [1.54, 1.807) is 0 Å². The highest BCUT2D eigenvalue weighted by atomic mass is 35.5. The van der Waals surface area contributed by atoms with Crippen molar-refractivity contribution >= 4 is 45.6 Å². The number of nitrogens with zero attached hydrogens (tertiary/aromatic N) is 1. The maximum Gasteiger partial charge on any atom is 0.0731 e. The molecular formula is C13H12ClN3. The van der Waals surface area contributed by atoms with Crippen LogP contribution in [0.15, 0.2) is 42.5 Å². The topological polar surface area (TPSA) is 64.9 Å². The van der Waals surface area contributed by atoms with E-state index in [2.05, 4.69) is 4.98 Å². The Bertz CT molecular complexity index is 695. The lowest BCUT2D eigenvalue weighted by Crippen LogP contribution is -1.93. The van der Waals surface area contributed by atoms with E-state index in [9.17, 15) is 0 Å². The average Bonchev–Trinajstić information content (AvgIpc) is 2.31. The molecule has 4 N–H and O–H groups in total. The summed E-state index contributed by atoms with van der Waals surface area (Å²) in [6.45, 7) is 0. The van der Waals surface area contributed by atoms with E-state index in [0.717, 1.165) is 27.5 Å². The van der Waals surface area contributed by atoms with Crippen LogP contribution < -0.4 is 11.5 Å². The minimum atomic E-state index is 0. The predicted octanol–water partition coefficient (Wildman–Crippen LogP) is 2.97. The highest BCUT2D eigenvalue weighted by molar-refractivity contribution is 6.06. The van der Waals surface area contributed by atoms with Gasteiger partial charge in [-0.25, -0.2) is 4.98 Å². The van der Waals surface area contributed by atoms with Crippen molar-refractivity contribution in [3.05, 3.63) is 42.5 Å². The second-order valence-electron chi connectivity index (χ2n) is 3.82. The minimum Gasteiger partial charge on any atom is -0.399 e. The molecule has 4 heteroatoms. The Hall–Kier alpha value is -2.00. The van der Waals surface area contributed by atoms with Gasteiger partial charge in [0.1, 0.15) is 0 Å². The summed E-state index contributed by atoms with van der Waals surface area (Å²) < 4.78 is 0. The minimum absolute atomic E-state index is 0. The summed E-state index contributed by atoms with van der Waals surface area (Å²) in [6, 6.07) is 13.4. The molecule has 2 aromatic carbocycles. The summed E-state index contributed by atoms with van der Waals surface area (Å²) >= 11 is 0. The van der Waals surface area contributed by atoms with Crippen molar-refractivity contribution in [2.24, 2.45) is 0 Å². The summed E-state index contributed by atoms with van der Waals surface area (Å²) in [5.41, 5.74) is 15.1. The fraction of sp³-hybridized carbons (Fsp3) is 0. The number of nitrogen functional groups attached to an aromatic ring is 2. The predicted molar refractivity (Wildman–Crippen MR) is 75.3 cm³/mol. The maximum absolute atomic E-state index is 6.13. The molecule has 0 amide bonds. The average molecular weight is 246 g/mol. The van der Waals surface area contributed by atoms with Gasteiger partial charge < -0.3 is 11.5 Å². The number of para-hydroxylation sites is 1. The second-order valence-corrected chi connectivity index (χ2v) is 3.82.